The Kier molecular flexibility index (Phi) is 3.68. The maximum atomic E-state index is 12.7. The number of hydrogen-bond acceptors (Lipinski definition) is 6. The molecule has 1 saturated carbocycles. The Balaban J connectivity index is 1.53. The third kappa shape index (κ3) is 2.72. The van der Waals surface area contributed by atoms with Crippen molar-refractivity contribution in [3.05, 3.63) is 42.0 Å². The number of rotatable bonds is 5. The molecule has 1 amide bonds. The molecule has 0 spiro atoms. The number of hydrogen-bond donors (Lipinski definition) is 2. The minimum Gasteiger partial charge on any atom is -0.494 e. The number of aromatic nitrogens is 5. The molecule has 1 aromatic carbocycles. The summed E-state index contributed by atoms with van der Waals surface area (Å²) in [4.78, 5) is 20.4. The second kappa shape index (κ2) is 6.22. The zero-order valence-electron chi connectivity index (χ0n) is 15.4. The molecule has 2 N–H and O–H groups in total. The summed E-state index contributed by atoms with van der Waals surface area (Å²) in [6, 6.07) is 3.79. The van der Waals surface area contributed by atoms with Gasteiger partial charge in [-0.2, -0.15) is 5.10 Å². The van der Waals surface area contributed by atoms with Crippen LogP contribution in [0, 0.1) is 0 Å². The van der Waals surface area contributed by atoms with E-state index in [9.17, 15) is 4.79 Å². The number of methoxy groups -OCH3 is 1. The summed E-state index contributed by atoms with van der Waals surface area (Å²) in [5, 5.41) is 10.8. The van der Waals surface area contributed by atoms with Gasteiger partial charge < -0.3 is 14.2 Å². The minimum atomic E-state index is -0.302. The second-order valence-corrected chi connectivity index (χ2v) is 6.86. The van der Waals surface area contributed by atoms with Gasteiger partial charge in [0.05, 0.1) is 19.5 Å². The zero-order chi connectivity index (χ0) is 19.3. The van der Waals surface area contributed by atoms with Gasteiger partial charge in [0.2, 0.25) is 5.95 Å². The zero-order valence-corrected chi connectivity index (χ0v) is 15.4. The van der Waals surface area contributed by atoms with Gasteiger partial charge in [-0.3, -0.25) is 14.8 Å². The van der Waals surface area contributed by atoms with Crippen molar-refractivity contribution in [2.24, 2.45) is 7.05 Å². The van der Waals surface area contributed by atoms with Gasteiger partial charge in [0.15, 0.2) is 5.76 Å². The van der Waals surface area contributed by atoms with Crippen LogP contribution in [0.3, 0.4) is 0 Å². The lowest BCUT2D eigenvalue weighted by Crippen LogP contribution is -2.13. The highest BCUT2D eigenvalue weighted by Crippen LogP contribution is 2.41. The van der Waals surface area contributed by atoms with E-state index in [2.05, 4.69) is 25.5 Å². The summed E-state index contributed by atoms with van der Waals surface area (Å²) in [5.74, 6) is 1.60. The molecule has 0 bridgehead atoms. The first-order chi connectivity index (χ1) is 13.6. The third-order valence-electron chi connectivity index (χ3n) is 4.87. The molecule has 4 aromatic rings. The molecular weight excluding hydrogens is 360 g/mol. The summed E-state index contributed by atoms with van der Waals surface area (Å²) >= 11 is 0. The Morgan fingerprint density at radius 3 is 2.93 bits per heavy atom. The number of H-pyrrole nitrogens is 1. The fourth-order valence-corrected chi connectivity index (χ4v) is 3.32. The van der Waals surface area contributed by atoms with E-state index in [0.29, 0.717) is 34.1 Å². The predicted molar refractivity (Wildman–Crippen MR) is 101 cm³/mol. The van der Waals surface area contributed by atoms with E-state index < -0.39 is 0 Å². The van der Waals surface area contributed by atoms with Gasteiger partial charge in [-0.25, -0.2) is 4.98 Å². The predicted octanol–water partition coefficient (Wildman–Crippen LogP) is 3.09. The fourth-order valence-electron chi connectivity index (χ4n) is 3.32. The van der Waals surface area contributed by atoms with Crippen molar-refractivity contribution in [2.45, 2.75) is 18.8 Å². The van der Waals surface area contributed by atoms with Crippen LogP contribution in [0.2, 0.25) is 0 Å². The minimum absolute atomic E-state index is 0.288. The van der Waals surface area contributed by atoms with Crippen LogP contribution in [0.5, 0.6) is 5.75 Å². The number of aryl methyl sites for hydroxylation is 1. The van der Waals surface area contributed by atoms with Crippen LogP contribution in [0.25, 0.3) is 22.2 Å². The maximum absolute atomic E-state index is 12.7. The van der Waals surface area contributed by atoms with Crippen LogP contribution in [0.1, 0.15) is 34.9 Å². The standard InChI is InChI=1S/C19H18N6O3/c1-25-9-11(7-20-25)12-5-6-14(27-2)16-15(12)22-19(23-16)24-18(26)13-8-21-28-17(13)10-3-4-10/h5-10H,3-4H2,1-2H3,(H2,22,23,24,26). The number of carbonyl (C=O) groups is 1. The fraction of sp³-hybridized carbons (Fsp3) is 0.263. The van der Waals surface area contributed by atoms with Gasteiger partial charge in [0.25, 0.3) is 5.91 Å². The number of nitrogens with one attached hydrogen (secondary N) is 2. The van der Waals surface area contributed by atoms with Crippen LogP contribution in [-0.4, -0.2) is 37.9 Å². The Labute approximate surface area is 159 Å². The van der Waals surface area contributed by atoms with E-state index >= 15 is 0 Å². The number of nitrogens with zero attached hydrogens (tertiary/aromatic N) is 4. The van der Waals surface area contributed by atoms with E-state index in [1.807, 2.05) is 25.4 Å². The summed E-state index contributed by atoms with van der Waals surface area (Å²) in [6.45, 7) is 0. The average Bonchev–Trinajstić information content (AvgIpc) is 3.08. The molecule has 9 nitrogen and oxygen atoms in total. The monoisotopic (exact) mass is 378 g/mol. The normalized spacial score (nSPS) is 13.8. The SMILES string of the molecule is COc1ccc(-c2cnn(C)c2)c2nc(NC(=O)c3cnoc3C3CC3)[nH]c12. The summed E-state index contributed by atoms with van der Waals surface area (Å²) in [7, 11) is 3.45. The number of carbonyl (C=O) groups excluding carboxylic acids is 1. The van der Waals surface area contributed by atoms with Gasteiger partial charge in [-0.05, 0) is 25.0 Å². The van der Waals surface area contributed by atoms with Crippen molar-refractivity contribution >= 4 is 22.9 Å². The number of anilines is 1. The van der Waals surface area contributed by atoms with Crippen LogP contribution in [0.15, 0.2) is 35.2 Å². The first-order valence-corrected chi connectivity index (χ1v) is 8.95. The molecule has 1 fully saturated rings. The lowest BCUT2D eigenvalue weighted by Gasteiger charge is -2.04. The largest absolute Gasteiger partial charge is 0.494 e. The van der Waals surface area contributed by atoms with Crippen LogP contribution >= 0.6 is 0 Å². The highest BCUT2D eigenvalue weighted by atomic mass is 16.5. The quantitative estimate of drug-likeness (QED) is 0.552. The highest BCUT2D eigenvalue weighted by Gasteiger charge is 2.32. The molecule has 0 aliphatic heterocycles. The van der Waals surface area contributed by atoms with Crippen molar-refractivity contribution in [3.8, 4) is 16.9 Å². The van der Waals surface area contributed by atoms with Gasteiger partial charge >= 0.3 is 0 Å². The topological polar surface area (TPSA) is 111 Å². The van der Waals surface area contributed by atoms with Crippen molar-refractivity contribution < 1.29 is 14.1 Å². The molecule has 142 valence electrons. The molecule has 28 heavy (non-hydrogen) atoms. The maximum Gasteiger partial charge on any atom is 0.263 e. The van der Waals surface area contributed by atoms with E-state index in [4.69, 9.17) is 9.26 Å². The molecule has 9 heteroatoms. The summed E-state index contributed by atoms with van der Waals surface area (Å²) < 4.78 is 12.4. The summed E-state index contributed by atoms with van der Waals surface area (Å²) in [5.41, 5.74) is 3.66. The lowest BCUT2D eigenvalue weighted by atomic mass is 10.1. The number of ether oxygens (including phenoxy) is 1. The van der Waals surface area contributed by atoms with Gasteiger partial charge in [-0.1, -0.05) is 5.16 Å². The first-order valence-electron chi connectivity index (χ1n) is 8.95. The van der Waals surface area contributed by atoms with E-state index in [1.165, 1.54) is 6.20 Å². The van der Waals surface area contributed by atoms with E-state index in [1.54, 1.807) is 18.0 Å². The number of benzene rings is 1. The van der Waals surface area contributed by atoms with Gasteiger partial charge in [0.1, 0.15) is 22.3 Å². The van der Waals surface area contributed by atoms with Crippen molar-refractivity contribution in [1.82, 2.24) is 24.9 Å². The number of fused-ring (bicyclic) bond motifs is 1. The molecule has 5 rings (SSSR count). The van der Waals surface area contributed by atoms with Crippen molar-refractivity contribution in [2.75, 3.05) is 12.4 Å². The Morgan fingerprint density at radius 2 is 2.21 bits per heavy atom. The lowest BCUT2D eigenvalue weighted by molar-refractivity contribution is 0.102. The Morgan fingerprint density at radius 1 is 1.36 bits per heavy atom. The van der Waals surface area contributed by atoms with Crippen LogP contribution in [0.4, 0.5) is 5.95 Å². The molecule has 0 unspecified atom stereocenters. The molecular formula is C19H18N6O3. The van der Waals surface area contributed by atoms with Crippen molar-refractivity contribution in [1.29, 1.82) is 0 Å². The molecule has 3 aromatic heterocycles. The van der Waals surface area contributed by atoms with Crippen LogP contribution in [-0.2, 0) is 7.05 Å². The van der Waals surface area contributed by atoms with Gasteiger partial charge in [0, 0.05) is 30.3 Å². The molecule has 1 aliphatic carbocycles. The molecule has 3 heterocycles. The molecule has 0 radical (unpaired) electrons. The van der Waals surface area contributed by atoms with Crippen molar-refractivity contribution in [3.63, 3.8) is 0 Å². The molecule has 1 aliphatic rings. The first kappa shape index (κ1) is 16.5. The van der Waals surface area contributed by atoms with E-state index in [-0.39, 0.29) is 11.8 Å². The number of imidazole rings is 1. The molecule has 0 atom stereocenters. The third-order valence-corrected chi connectivity index (χ3v) is 4.87. The Bertz CT molecular complexity index is 1180. The van der Waals surface area contributed by atoms with Crippen LogP contribution < -0.4 is 10.1 Å². The average molecular weight is 378 g/mol. The number of amides is 1. The van der Waals surface area contributed by atoms with Gasteiger partial charge in [-0.15, -0.1) is 0 Å². The second-order valence-electron chi connectivity index (χ2n) is 6.86. The highest BCUT2D eigenvalue weighted by molar-refractivity contribution is 6.05. The number of aromatic amines is 1. The van der Waals surface area contributed by atoms with E-state index in [0.717, 1.165) is 24.0 Å². The molecule has 0 saturated heterocycles. The summed E-state index contributed by atoms with van der Waals surface area (Å²) in [6.07, 6.45) is 7.17. The smallest absolute Gasteiger partial charge is 0.263 e. The Hall–Kier alpha value is -3.62.